The molecule has 1 aromatic carbocycles. The van der Waals surface area contributed by atoms with E-state index in [1.165, 1.54) is 22.8 Å². The molecule has 0 heterocycles. The number of allylic oxidation sites excluding steroid dienone is 4. The van der Waals surface area contributed by atoms with Gasteiger partial charge in [-0.3, -0.25) is 0 Å². The predicted octanol–water partition coefficient (Wildman–Crippen LogP) is 3.95. The average molecular weight is 188 g/mol. The third kappa shape index (κ3) is 1.63. The van der Waals surface area contributed by atoms with E-state index in [0.717, 1.165) is 12.0 Å². The monoisotopic (exact) mass is 188 g/mol. The van der Waals surface area contributed by atoms with Gasteiger partial charge in [0.15, 0.2) is 0 Å². The molecule has 1 aliphatic carbocycles. The minimum Gasteiger partial charge on any atom is -0.207 e. The van der Waals surface area contributed by atoms with E-state index in [-0.39, 0.29) is 5.82 Å². The Kier molecular flexibility index (Phi) is 2.24. The van der Waals surface area contributed by atoms with Crippen LogP contribution in [0.25, 0.3) is 5.57 Å². The maximum Gasteiger partial charge on any atom is 0.123 e. The largest absolute Gasteiger partial charge is 0.207 e. The number of benzene rings is 1. The molecule has 1 aliphatic rings. The maximum atomic E-state index is 13.0. The molecule has 72 valence electrons. The van der Waals surface area contributed by atoms with Crippen molar-refractivity contribution in [2.75, 3.05) is 0 Å². The number of hydrogen-bond donors (Lipinski definition) is 0. The highest BCUT2D eigenvalue weighted by Gasteiger charge is 2.11. The van der Waals surface area contributed by atoms with Gasteiger partial charge in [-0.2, -0.15) is 0 Å². The second-order valence-corrected chi connectivity index (χ2v) is 3.82. The molecule has 0 nitrogen and oxygen atoms in total. The zero-order valence-electron chi connectivity index (χ0n) is 8.47. The Balaban J connectivity index is 2.32. The third-order valence-electron chi connectivity index (χ3n) is 2.71. The van der Waals surface area contributed by atoms with Gasteiger partial charge in [0.05, 0.1) is 0 Å². The van der Waals surface area contributed by atoms with Gasteiger partial charge in [-0.15, -0.1) is 0 Å². The highest BCUT2D eigenvalue weighted by molar-refractivity contribution is 5.73. The van der Waals surface area contributed by atoms with E-state index < -0.39 is 0 Å². The summed E-state index contributed by atoms with van der Waals surface area (Å²) in [6, 6.07) is 6.79. The van der Waals surface area contributed by atoms with Crippen molar-refractivity contribution < 1.29 is 4.39 Å². The summed E-state index contributed by atoms with van der Waals surface area (Å²) in [5.74, 6) is -0.161. The molecule has 0 saturated heterocycles. The van der Waals surface area contributed by atoms with Crippen LogP contribution in [0.2, 0.25) is 0 Å². The minimum atomic E-state index is -0.161. The van der Waals surface area contributed by atoms with E-state index in [1.54, 1.807) is 12.1 Å². The Morgan fingerprint density at radius 2 is 2.00 bits per heavy atom. The van der Waals surface area contributed by atoms with Crippen molar-refractivity contribution in [3.05, 3.63) is 52.9 Å². The molecule has 0 N–H and O–H groups in total. The molecule has 2 rings (SSSR count). The molecule has 14 heavy (non-hydrogen) atoms. The number of hydrogen-bond acceptors (Lipinski definition) is 0. The summed E-state index contributed by atoms with van der Waals surface area (Å²) in [4.78, 5) is 0. The van der Waals surface area contributed by atoms with Crippen LogP contribution in [0.1, 0.15) is 25.8 Å². The summed E-state index contributed by atoms with van der Waals surface area (Å²) >= 11 is 0. The van der Waals surface area contributed by atoms with Crippen molar-refractivity contribution in [3.8, 4) is 0 Å². The van der Waals surface area contributed by atoms with Gasteiger partial charge in [-0.25, -0.2) is 4.39 Å². The van der Waals surface area contributed by atoms with Crippen LogP contribution >= 0.6 is 0 Å². The summed E-state index contributed by atoms with van der Waals surface area (Å²) in [6.45, 7) is 4.22. The summed E-state index contributed by atoms with van der Waals surface area (Å²) < 4.78 is 13.0. The fourth-order valence-corrected chi connectivity index (χ4v) is 1.73. The van der Waals surface area contributed by atoms with Crippen LogP contribution in [0.15, 0.2) is 41.5 Å². The first-order valence-electron chi connectivity index (χ1n) is 4.79. The van der Waals surface area contributed by atoms with Gasteiger partial charge in [0.1, 0.15) is 5.82 Å². The van der Waals surface area contributed by atoms with Crippen molar-refractivity contribution in [2.45, 2.75) is 20.3 Å². The van der Waals surface area contributed by atoms with Crippen LogP contribution in [0, 0.1) is 5.82 Å². The second-order valence-electron chi connectivity index (χ2n) is 3.82. The highest BCUT2D eigenvalue weighted by atomic mass is 19.1. The van der Waals surface area contributed by atoms with Crippen LogP contribution < -0.4 is 0 Å². The van der Waals surface area contributed by atoms with E-state index in [2.05, 4.69) is 19.9 Å². The molecule has 0 fully saturated rings. The molecule has 1 aromatic rings. The smallest absolute Gasteiger partial charge is 0.123 e. The normalized spacial score (nSPS) is 16.1. The van der Waals surface area contributed by atoms with E-state index >= 15 is 0 Å². The molecule has 0 amide bonds. The molecule has 0 atom stereocenters. The van der Waals surface area contributed by atoms with Gasteiger partial charge in [0.25, 0.3) is 0 Å². The minimum absolute atomic E-state index is 0.161. The first-order chi connectivity index (χ1) is 6.66. The van der Waals surface area contributed by atoms with Crippen LogP contribution in [0.4, 0.5) is 4.39 Å². The second kappa shape index (κ2) is 3.41. The van der Waals surface area contributed by atoms with Gasteiger partial charge in [0, 0.05) is 0 Å². The molecular weight excluding hydrogens is 175 g/mol. The van der Waals surface area contributed by atoms with E-state index in [1.807, 2.05) is 6.07 Å². The molecule has 0 spiro atoms. The molecule has 0 aliphatic heterocycles. The van der Waals surface area contributed by atoms with Gasteiger partial charge >= 0.3 is 0 Å². The highest BCUT2D eigenvalue weighted by Crippen LogP contribution is 2.31. The van der Waals surface area contributed by atoms with Crippen LogP contribution in [0.5, 0.6) is 0 Å². The van der Waals surface area contributed by atoms with Crippen LogP contribution in [-0.4, -0.2) is 0 Å². The molecule has 0 unspecified atom stereocenters. The first-order valence-corrected chi connectivity index (χ1v) is 4.79. The van der Waals surface area contributed by atoms with Gasteiger partial charge in [-0.05, 0) is 43.5 Å². The van der Waals surface area contributed by atoms with Crippen LogP contribution in [0.3, 0.4) is 0 Å². The number of halogens is 1. The lowest BCUT2D eigenvalue weighted by atomic mass is 10.0. The van der Waals surface area contributed by atoms with Crippen molar-refractivity contribution in [2.24, 2.45) is 0 Å². The first kappa shape index (κ1) is 9.20. The molecular formula is C13H13F. The van der Waals surface area contributed by atoms with Gasteiger partial charge in [-0.1, -0.05) is 29.4 Å². The lowest BCUT2D eigenvalue weighted by Gasteiger charge is -2.02. The predicted molar refractivity (Wildman–Crippen MR) is 57.4 cm³/mol. The van der Waals surface area contributed by atoms with Gasteiger partial charge in [0.2, 0.25) is 0 Å². The lowest BCUT2D eigenvalue weighted by Crippen LogP contribution is -1.83. The Hall–Kier alpha value is -1.37. The molecule has 0 bridgehead atoms. The zero-order chi connectivity index (χ0) is 10.1. The average Bonchev–Trinajstić information content (AvgIpc) is 2.47. The quantitative estimate of drug-likeness (QED) is 0.626. The topological polar surface area (TPSA) is 0 Å². The Morgan fingerprint density at radius 3 is 2.57 bits per heavy atom. The fourth-order valence-electron chi connectivity index (χ4n) is 1.73. The Morgan fingerprint density at radius 1 is 1.21 bits per heavy atom. The standard InChI is InChI=1S/C13H13F/c1-9-6-12(7-10(9)2)11-4-3-5-13(14)8-11/h3-6,8H,7H2,1-2H3. The van der Waals surface area contributed by atoms with E-state index in [4.69, 9.17) is 0 Å². The molecule has 0 saturated carbocycles. The van der Waals surface area contributed by atoms with Crippen molar-refractivity contribution in [3.63, 3.8) is 0 Å². The van der Waals surface area contributed by atoms with Gasteiger partial charge < -0.3 is 0 Å². The van der Waals surface area contributed by atoms with Crippen molar-refractivity contribution in [1.82, 2.24) is 0 Å². The third-order valence-corrected chi connectivity index (χ3v) is 2.71. The summed E-state index contributed by atoms with van der Waals surface area (Å²) in [5, 5.41) is 0. The summed E-state index contributed by atoms with van der Waals surface area (Å²) in [7, 11) is 0. The summed E-state index contributed by atoms with van der Waals surface area (Å²) in [6.07, 6.45) is 3.10. The fraction of sp³-hybridized carbons (Fsp3) is 0.231. The number of rotatable bonds is 1. The Bertz CT molecular complexity index is 425. The van der Waals surface area contributed by atoms with Crippen LogP contribution in [-0.2, 0) is 0 Å². The van der Waals surface area contributed by atoms with E-state index in [9.17, 15) is 4.39 Å². The SMILES string of the molecule is CC1=C(C)CC(c2cccc(F)c2)=C1. The molecule has 1 heteroatoms. The Labute approximate surface area is 83.8 Å². The summed E-state index contributed by atoms with van der Waals surface area (Å²) in [5.41, 5.74) is 4.91. The van der Waals surface area contributed by atoms with Crippen molar-refractivity contribution >= 4 is 5.57 Å². The molecule has 0 radical (unpaired) electrons. The molecule has 0 aromatic heterocycles. The van der Waals surface area contributed by atoms with Crippen molar-refractivity contribution in [1.29, 1.82) is 0 Å². The maximum absolute atomic E-state index is 13.0. The van der Waals surface area contributed by atoms with E-state index in [0.29, 0.717) is 0 Å². The zero-order valence-corrected chi connectivity index (χ0v) is 8.47. The lowest BCUT2D eigenvalue weighted by molar-refractivity contribution is 0.627.